The second kappa shape index (κ2) is 2.83. The van der Waals surface area contributed by atoms with Crippen molar-refractivity contribution in [2.24, 2.45) is 12.8 Å². The average molecular weight is 174 g/mol. The molecule has 4 heteroatoms. The Morgan fingerprint density at radius 1 is 1.73 bits per heavy atom. The topological polar surface area (TPSA) is 43.8 Å². The van der Waals surface area contributed by atoms with E-state index in [0.717, 1.165) is 6.42 Å². The molecule has 0 amide bonds. The van der Waals surface area contributed by atoms with E-state index in [2.05, 4.69) is 5.10 Å². The molecule has 0 bridgehead atoms. The molecule has 0 radical (unpaired) electrons. The Hall–Kier alpha value is -0.540. The first-order chi connectivity index (χ1) is 4.79. The number of nitrogens with zero attached hydrogens (tertiary/aromatic N) is 2. The predicted molar refractivity (Wildman–Crippen MR) is 45.8 cm³/mol. The maximum absolute atomic E-state index is 5.69. The molecule has 0 saturated heterocycles. The lowest BCUT2D eigenvalue weighted by molar-refractivity contribution is 0.707. The van der Waals surface area contributed by atoms with Crippen LogP contribution in [0.15, 0.2) is 12.3 Å². The summed E-state index contributed by atoms with van der Waals surface area (Å²) in [5.74, 6) is 0.576. The molecule has 3 nitrogen and oxygen atoms in total. The Bertz CT molecular complexity index is 246. The maximum atomic E-state index is 5.69. The number of hydrogen-bond acceptors (Lipinski definition) is 2. The Morgan fingerprint density at radius 3 is 2.73 bits per heavy atom. The van der Waals surface area contributed by atoms with Gasteiger partial charge < -0.3 is 5.73 Å². The molecule has 2 N–H and O–H groups in total. The highest BCUT2D eigenvalue weighted by atomic mass is 35.5. The van der Waals surface area contributed by atoms with Crippen LogP contribution >= 0.6 is 12.4 Å². The second-order valence-electron chi connectivity index (χ2n) is 2.89. The van der Waals surface area contributed by atoms with Crippen LogP contribution in [0.1, 0.15) is 18.0 Å². The number of rotatable bonds is 1. The van der Waals surface area contributed by atoms with E-state index >= 15 is 0 Å². The van der Waals surface area contributed by atoms with Crippen molar-refractivity contribution in [1.29, 1.82) is 0 Å². The fourth-order valence-corrected chi connectivity index (χ4v) is 1.30. The average Bonchev–Trinajstić information content (AvgIpc) is 2.42. The molecule has 1 heterocycles. The Kier molecular flexibility index (Phi) is 2.20. The Morgan fingerprint density at radius 2 is 2.36 bits per heavy atom. The van der Waals surface area contributed by atoms with Crippen molar-refractivity contribution in [3.8, 4) is 0 Å². The first kappa shape index (κ1) is 8.56. The second-order valence-corrected chi connectivity index (χ2v) is 2.89. The summed E-state index contributed by atoms with van der Waals surface area (Å²) in [7, 11) is 1.96. The number of nitrogens with two attached hydrogens (primary N) is 1. The molecular weight excluding hydrogens is 162 g/mol. The van der Waals surface area contributed by atoms with Crippen molar-refractivity contribution < 1.29 is 0 Å². The molecule has 11 heavy (non-hydrogen) atoms. The van der Waals surface area contributed by atoms with Gasteiger partial charge in [-0.15, -0.1) is 12.4 Å². The van der Waals surface area contributed by atoms with Gasteiger partial charge in [0.1, 0.15) is 0 Å². The number of aryl methyl sites for hydroxylation is 1. The number of hydrogen-bond donors (Lipinski definition) is 1. The highest BCUT2D eigenvalue weighted by molar-refractivity contribution is 5.85. The molecule has 0 spiro atoms. The van der Waals surface area contributed by atoms with E-state index in [1.807, 2.05) is 24.0 Å². The maximum Gasteiger partial charge on any atom is 0.0492 e. The zero-order chi connectivity index (χ0) is 7.14. The van der Waals surface area contributed by atoms with Crippen LogP contribution < -0.4 is 5.73 Å². The molecule has 1 aromatic rings. The van der Waals surface area contributed by atoms with Gasteiger partial charge in [-0.1, -0.05) is 0 Å². The normalized spacial score (nSPS) is 27.8. The molecule has 0 aliphatic heterocycles. The first-order valence-electron chi connectivity index (χ1n) is 3.52. The molecule has 2 rings (SSSR count). The summed E-state index contributed by atoms with van der Waals surface area (Å²) >= 11 is 0. The van der Waals surface area contributed by atoms with E-state index in [1.54, 1.807) is 0 Å². The minimum absolute atomic E-state index is 0. The summed E-state index contributed by atoms with van der Waals surface area (Å²) in [6, 6.07) is 2.42. The lowest BCUT2D eigenvalue weighted by Gasteiger charge is -1.96. The van der Waals surface area contributed by atoms with Gasteiger partial charge in [0.15, 0.2) is 0 Å². The molecule has 1 aliphatic rings. The molecule has 1 aliphatic carbocycles. The Labute approximate surface area is 72.0 Å². The van der Waals surface area contributed by atoms with Crippen LogP contribution in [0.25, 0.3) is 0 Å². The van der Waals surface area contributed by atoms with Gasteiger partial charge in [0.25, 0.3) is 0 Å². The predicted octanol–water partition coefficient (Wildman–Crippen LogP) is 0.656. The van der Waals surface area contributed by atoms with Crippen LogP contribution in [-0.2, 0) is 7.05 Å². The third kappa shape index (κ3) is 1.39. The fraction of sp³-hybridized carbons (Fsp3) is 0.571. The molecule has 1 saturated carbocycles. The smallest absolute Gasteiger partial charge is 0.0492 e. The third-order valence-electron chi connectivity index (χ3n) is 2.08. The summed E-state index contributed by atoms with van der Waals surface area (Å²) in [6.07, 6.45) is 2.94. The van der Waals surface area contributed by atoms with Crippen LogP contribution in [0.3, 0.4) is 0 Å². The van der Waals surface area contributed by atoms with Gasteiger partial charge in [-0.2, -0.15) is 5.10 Å². The monoisotopic (exact) mass is 173 g/mol. The minimum Gasteiger partial charge on any atom is -0.327 e. The van der Waals surface area contributed by atoms with Crippen LogP contribution in [0.5, 0.6) is 0 Å². The number of aromatic nitrogens is 2. The van der Waals surface area contributed by atoms with E-state index in [-0.39, 0.29) is 12.4 Å². The third-order valence-corrected chi connectivity index (χ3v) is 2.08. The van der Waals surface area contributed by atoms with Crippen molar-refractivity contribution in [3.63, 3.8) is 0 Å². The molecular formula is C7H12ClN3. The summed E-state index contributed by atoms with van der Waals surface area (Å²) < 4.78 is 1.90. The molecule has 1 fully saturated rings. The summed E-state index contributed by atoms with van der Waals surface area (Å²) in [5, 5.41) is 4.07. The van der Waals surface area contributed by atoms with Crippen LogP contribution in [-0.4, -0.2) is 15.8 Å². The summed E-state index contributed by atoms with van der Waals surface area (Å²) in [6.45, 7) is 0. The van der Waals surface area contributed by atoms with E-state index < -0.39 is 0 Å². The SMILES string of the molecule is Cl.Cn1nccc1C1CC1N. The van der Waals surface area contributed by atoms with Gasteiger partial charge in [0.2, 0.25) is 0 Å². The fourth-order valence-electron chi connectivity index (χ4n) is 1.30. The van der Waals surface area contributed by atoms with Crippen molar-refractivity contribution in [2.75, 3.05) is 0 Å². The molecule has 0 aromatic carbocycles. The van der Waals surface area contributed by atoms with E-state index in [1.165, 1.54) is 5.69 Å². The van der Waals surface area contributed by atoms with Crippen molar-refractivity contribution in [2.45, 2.75) is 18.4 Å². The van der Waals surface area contributed by atoms with E-state index in [4.69, 9.17) is 5.73 Å². The molecule has 2 atom stereocenters. The van der Waals surface area contributed by atoms with Crippen molar-refractivity contribution >= 4 is 12.4 Å². The Balaban J connectivity index is 0.000000605. The summed E-state index contributed by atoms with van der Waals surface area (Å²) in [5.41, 5.74) is 6.96. The molecule has 2 unspecified atom stereocenters. The van der Waals surface area contributed by atoms with Crippen LogP contribution in [0, 0.1) is 0 Å². The molecule has 1 aromatic heterocycles. The lowest BCUT2D eigenvalue weighted by Crippen LogP contribution is -2.04. The van der Waals surface area contributed by atoms with E-state index in [0.29, 0.717) is 12.0 Å². The van der Waals surface area contributed by atoms with Gasteiger partial charge in [0.05, 0.1) is 0 Å². The van der Waals surface area contributed by atoms with Gasteiger partial charge in [0, 0.05) is 30.9 Å². The van der Waals surface area contributed by atoms with Crippen LogP contribution in [0.2, 0.25) is 0 Å². The van der Waals surface area contributed by atoms with Crippen molar-refractivity contribution in [3.05, 3.63) is 18.0 Å². The number of halogens is 1. The first-order valence-corrected chi connectivity index (χ1v) is 3.52. The largest absolute Gasteiger partial charge is 0.327 e. The van der Waals surface area contributed by atoms with Gasteiger partial charge >= 0.3 is 0 Å². The van der Waals surface area contributed by atoms with Gasteiger partial charge in [-0.25, -0.2) is 0 Å². The zero-order valence-corrected chi connectivity index (χ0v) is 7.21. The highest BCUT2D eigenvalue weighted by Crippen LogP contribution is 2.38. The molecule has 62 valence electrons. The summed E-state index contributed by atoms with van der Waals surface area (Å²) in [4.78, 5) is 0. The van der Waals surface area contributed by atoms with E-state index in [9.17, 15) is 0 Å². The lowest BCUT2D eigenvalue weighted by atomic mass is 10.3. The minimum atomic E-state index is 0. The van der Waals surface area contributed by atoms with Gasteiger partial charge in [-0.05, 0) is 12.5 Å². The zero-order valence-electron chi connectivity index (χ0n) is 6.40. The highest BCUT2D eigenvalue weighted by Gasteiger charge is 2.36. The standard InChI is InChI=1S/C7H11N3.ClH/c1-10-7(2-3-9-10)5-4-6(5)8;/h2-3,5-6H,4,8H2,1H3;1H. The quantitative estimate of drug-likeness (QED) is 0.678. The van der Waals surface area contributed by atoms with Crippen LogP contribution in [0.4, 0.5) is 0 Å². The van der Waals surface area contributed by atoms with Crippen molar-refractivity contribution in [1.82, 2.24) is 9.78 Å². The van der Waals surface area contributed by atoms with Gasteiger partial charge in [-0.3, -0.25) is 4.68 Å².